The molecule has 5 heteroatoms. The van der Waals surface area contributed by atoms with Gasteiger partial charge in [-0.05, 0) is 6.07 Å². The van der Waals surface area contributed by atoms with Gasteiger partial charge in [0.05, 0.1) is 11.4 Å². The number of hydrogen-bond donors (Lipinski definition) is 2. The summed E-state index contributed by atoms with van der Waals surface area (Å²) in [7, 11) is 0. The van der Waals surface area contributed by atoms with Gasteiger partial charge in [0.15, 0.2) is 11.6 Å². The molecule has 60 valence electrons. The molecule has 0 radical (unpaired) electrons. The Labute approximate surface area is 66.7 Å². The Morgan fingerprint density at radius 2 is 1.45 bits per heavy atom. The molecule has 0 atom stereocenters. The molecule has 11 heavy (non-hydrogen) atoms. The Morgan fingerprint density at radius 3 is 1.82 bits per heavy atom. The van der Waals surface area contributed by atoms with Crippen LogP contribution in [0.15, 0.2) is 6.07 Å². The smallest absolute Gasteiger partial charge is 0.167 e. The highest BCUT2D eigenvalue weighted by molar-refractivity contribution is 6.31. The fourth-order valence-corrected chi connectivity index (χ4v) is 0.862. The molecule has 0 aromatic heterocycles. The van der Waals surface area contributed by atoms with E-state index in [1.54, 1.807) is 0 Å². The molecule has 1 aromatic rings. The van der Waals surface area contributed by atoms with E-state index in [1.807, 2.05) is 0 Å². The molecule has 1 aromatic carbocycles. The molecule has 0 aliphatic rings. The van der Waals surface area contributed by atoms with Crippen LogP contribution >= 0.6 is 11.6 Å². The van der Waals surface area contributed by atoms with Gasteiger partial charge < -0.3 is 11.5 Å². The summed E-state index contributed by atoms with van der Waals surface area (Å²) in [6, 6.07) is 0.983. The lowest BCUT2D eigenvalue weighted by molar-refractivity contribution is 0.590. The van der Waals surface area contributed by atoms with E-state index in [-0.39, 0.29) is 11.4 Å². The SMILES string of the molecule is Nc1cc(N)c(F)c(Cl)c1F. The van der Waals surface area contributed by atoms with Gasteiger partial charge in [0, 0.05) is 0 Å². The van der Waals surface area contributed by atoms with Crippen molar-refractivity contribution in [2.24, 2.45) is 0 Å². The largest absolute Gasteiger partial charge is 0.396 e. The van der Waals surface area contributed by atoms with Crippen LogP contribution in [0, 0.1) is 11.6 Å². The van der Waals surface area contributed by atoms with E-state index in [0.717, 1.165) is 6.07 Å². The molecular weight excluding hydrogens is 174 g/mol. The molecule has 0 amide bonds. The van der Waals surface area contributed by atoms with Gasteiger partial charge in [-0.1, -0.05) is 11.6 Å². The third-order valence-electron chi connectivity index (χ3n) is 1.20. The predicted octanol–water partition coefficient (Wildman–Crippen LogP) is 1.78. The van der Waals surface area contributed by atoms with E-state index in [0.29, 0.717) is 0 Å². The Kier molecular flexibility index (Phi) is 1.87. The van der Waals surface area contributed by atoms with Crippen LogP contribution < -0.4 is 11.5 Å². The molecular formula is C6H5ClF2N2. The van der Waals surface area contributed by atoms with E-state index >= 15 is 0 Å². The standard InChI is InChI=1S/C6H5ClF2N2/c7-4-5(8)2(10)1-3(11)6(4)9/h1H,10-11H2. The summed E-state index contributed by atoms with van der Waals surface area (Å²) in [5.74, 6) is -1.95. The minimum Gasteiger partial charge on any atom is -0.396 e. The van der Waals surface area contributed by atoms with Crippen molar-refractivity contribution in [3.63, 3.8) is 0 Å². The number of nitrogens with two attached hydrogens (primary N) is 2. The summed E-state index contributed by atoms with van der Waals surface area (Å²) < 4.78 is 25.2. The quantitative estimate of drug-likeness (QED) is 0.470. The van der Waals surface area contributed by atoms with Gasteiger partial charge in [0.2, 0.25) is 0 Å². The Balaban J connectivity index is 3.46. The zero-order valence-corrected chi connectivity index (χ0v) is 6.12. The molecule has 4 N–H and O–H groups in total. The monoisotopic (exact) mass is 178 g/mol. The van der Waals surface area contributed by atoms with Crippen LogP contribution in [0.2, 0.25) is 5.02 Å². The number of anilines is 2. The molecule has 0 saturated carbocycles. The number of rotatable bonds is 0. The maximum atomic E-state index is 12.6. The Bertz CT molecular complexity index is 275. The minimum atomic E-state index is -0.974. The van der Waals surface area contributed by atoms with E-state index in [4.69, 9.17) is 23.1 Å². The van der Waals surface area contributed by atoms with Crippen LogP contribution in [-0.2, 0) is 0 Å². The van der Waals surface area contributed by atoms with E-state index in [1.165, 1.54) is 0 Å². The predicted molar refractivity (Wildman–Crippen MR) is 40.2 cm³/mol. The fraction of sp³-hybridized carbons (Fsp3) is 0. The molecule has 1 rings (SSSR count). The van der Waals surface area contributed by atoms with Gasteiger partial charge in [-0.25, -0.2) is 8.78 Å². The first-order chi connectivity index (χ1) is 5.04. The number of nitrogen functional groups attached to an aromatic ring is 2. The van der Waals surface area contributed by atoms with E-state index < -0.39 is 16.7 Å². The van der Waals surface area contributed by atoms with Gasteiger partial charge in [-0.3, -0.25) is 0 Å². The van der Waals surface area contributed by atoms with Crippen molar-refractivity contribution in [2.45, 2.75) is 0 Å². The van der Waals surface area contributed by atoms with Gasteiger partial charge in [0.1, 0.15) is 5.02 Å². The molecule has 0 bridgehead atoms. The van der Waals surface area contributed by atoms with Gasteiger partial charge in [0.25, 0.3) is 0 Å². The second-order valence-corrected chi connectivity index (χ2v) is 2.37. The summed E-state index contributed by atoms with van der Waals surface area (Å²) >= 11 is 5.18. The summed E-state index contributed by atoms with van der Waals surface area (Å²) in [6.07, 6.45) is 0. The minimum absolute atomic E-state index is 0.256. The lowest BCUT2D eigenvalue weighted by atomic mass is 10.2. The fourth-order valence-electron chi connectivity index (χ4n) is 0.644. The summed E-state index contributed by atoms with van der Waals surface area (Å²) in [5, 5.41) is -0.664. The molecule has 0 heterocycles. The zero-order chi connectivity index (χ0) is 8.59. The summed E-state index contributed by atoms with van der Waals surface area (Å²) in [5.41, 5.74) is 9.66. The average molecular weight is 179 g/mol. The lowest BCUT2D eigenvalue weighted by Crippen LogP contribution is -1.98. The highest BCUT2D eigenvalue weighted by atomic mass is 35.5. The van der Waals surface area contributed by atoms with Crippen molar-refractivity contribution < 1.29 is 8.78 Å². The van der Waals surface area contributed by atoms with E-state index in [2.05, 4.69) is 0 Å². The van der Waals surface area contributed by atoms with E-state index in [9.17, 15) is 8.78 Å². The Hall–Kier alpha value is -1.03. The van der Waals surface area contributed by atoms with Crippen LogP contribution in [0.5, 0.6) is 0 Å². The molecule has 2 nitrogen and oxygen atoms in total. The number of hydrogen-bond acceptors (Lipinski definition) is 2. The molecule has 0 spiro atoms. The van der Waals surface area contributed by atoms with Crippen molar-refractivity contribution >= 4 is 23.0 Å². The topological polar surface area (TPSA) is 52.0 Å². The number of halogens is 3. The Morgan fingerprint density at radius 1 is 1.09 bits per heavy atom. The third kappa shape index (κ3) is 1.21. The zero-order valence-electron chi connectivity index (χ0n) is 5.37. The first kappa shape index (κ1) is 8.07. The number of benzene rings is 1. The first-order valence-corrected chi connectivity index (χ1v) is 3.10. The highest BCUT2D eigenvalue weighted by Gasteiger charge is 2.12. The molecule has 0 unspecified atom stereocenters. The van der Waals surface area contributed by atoms with Crippen LogP contribution in [0.1, 0.15) is 0 Å². The van der Waals surface area contributed by atoms with Crippen LogP contribution in [0.25, 0.3) is 0 Å². The lowest BCUT2D eigenvalue weighted by Gasteiger charge is -2.02. The van der Waals surface area contributed by atoms with Crippen LogP contribution in [0.4, 0.5) is 20.2 Å². The maximum absolute atomic E-state index is 12.6. The van der Waals surface area contributed by atoms with Crippen LogP contribution in [-0.4, -0.2) is 0 Å². The second-order valence-electron chi connectivity index (χ2n) is 2.00. The third-order valence-corrected chi connectivity index (χ3v) is 1.54. The van der Waals surface area contributed by atoms with Gasteiger partial charge in [-0.2, -0.15) is 0 Å². The van der Waals surface area contributed by atoms with Crippen molar-refractivity contribution in [1.82, 2.24) is 0 Å². The normalized spacial score (nSPS) is 10.1. The van der Waals surface area contributed by atoms with Crippen molar-refractivity contribution in [2.75, 3.05) is 11.5 Å². The summed E-state index contributed by atoms with van der Waals surface area (Å²) in [6.45, 7) is 0. The maximum Gasteiger partial charge on any atom is 0.167 e. The van der Waals surface area contributed by atoms with Gasteiger partial charge in [-0.15, -0.1) is 0 Å². The molecule has 0 saturated heterocycles. The summed E-state index contributed by atoms with van der Waals surface area (Å²) in [4.78, 5) is 0. The van der Waals surface area contributed by atoms with Crippen LogP contribution in [0.3, 0.4) is 0 Å². The van der Waals surface area contributed by atoms with Crippen molar-refractivity contribution in [1.29, 1.82) is 0 Å². The molecule has 0 fully saturated rings. The first-order valence-electron chi connectivity index (χ1n) is 2.72. The van der Waals surface area contributed by atoms with Gasteiger partial charge >= 0.3 is 0 Å². The molecule has 0 aliphatic carbocycles. The van der Waals surface area contributed by atoms with Crippen molar-refractivity contribution in [3.05, 3.63) is 22.7 Å². The molecule has 0 aliphatic heterocycles. The average Bonchev–Trinajstić information content (AvgIpc) is 1.97. The highest BCUT2D eigenvalue weighted by Crippen LogP contribution is 2.27. The second kappa shape index (κ2) is 2.54. The van der Waals surface area contributed by atoms with Crippen molar-refractivity contribution in [3.8, 4) is 0 Å².